The Balaban J connectivity index is 2.20. The minimum absolute atomic E-state index is 0.0559. The SMILES string of the molecule is CC(=O)c1c(C)cccc1NCc1nc(C)c(C)o1. The topological polar surface area (TPSA) is 55.1 Å². The second-order valence-corrected chi connectivity index (χ2v) is 4.66. The third kappa shape index (κ3) is 2.84. The van der Waals surface area contributed by atoms with Crippen LogP contribution in [0.1, 0.15) is 40.2 Å². The van der Waals surface area contributed by atoms with E-state index in [9.17, 15) is 4.79 Å². The highest BCUT2D eigenvalue weighted by atomic mass is 16.4. The number of ketones is 1. The lowest BCUT2D eigenvalue weighted by molar-refractivity contribution is 0.101. The summed E-state index contributed by atoms with van der Waals surface area (Å²) in [5, 5.41) is 3.22. The molecule has 0 radical (unpaired) electrons. The standard InChI is InChI=1S/C15H18N2O2/c1-9-6-5-7-13(15(9)11(3)18)16-8-14-17-10(2)12(4)19-14/h5-7,16H,8H2,1-4H3. The van der Waals surface area contributed by atoms with E-state index >= 15 is 0 Å². The van der Waals surface area contributed by atoms with Crippen molar-refractivity contribution < 1.29 is 9.21 Å². The third-order valence-electron chi connectivity index (χ3n) is 3.13. The molecule has 0 amide bonds. The molecular weight excluding hydrogens is 240 g/mol. The number of rotatable bonds is 4. The van der Waals surface area contributed by atoms with Gasteiger partial charge in [0.05, 0.1) is 12.2 Å². The van der Waals surface area contributed by atoms with Crippen LogP contribution < -0.4 is 5.32 Å². The lowest BCUT2D eigenvalue weighted by atomic mass is 10.0. The summed E-state index contributed by atoms with van der Waals surface area (Å²) in [6.45, 7) is 7.78. The molecule has 2 rings (SSSR count). The van der Waals surface area contributed by atoms with Crippen molar-refractivity contribution in [3.8, 4) is 0 Å². The number of aromatic nitrogens is 1. The Morgan fingerprint density at radius 3 is 2.63 bits per heavy atom. The zero-order valence-electron chi connectivity index (χ0n) is 11.7. The molecule has 19 heavy (non-hydrogen) atoms. The first-order chi connectivity index (χ1) is 8.99. The maximum absolute atomic E-state index is 11.7. The highest BCUT2D eigenvalue weighted by Gasteiger charge is 2.11. The molecule has 0 spiro atoms. The number of anilines is 1. The van der Waals surface area contributed by atoms with Gasteiger partial charge in [-0.15, -0.1) is 0 Å². The van der Waals surface area contributed by atoms with Gasteiger partial charge >= 0.3 is 0 Å². The third-order valence-corrected chi connectivity index (χ3v) is 3.13. The van der Waals surface area contributed by atoms with E-state index in [0.29, 0.717) is 12.4 Å². The number of nitrogens with one attached hydrogen (secondary N) is 1. The quantitative estimate of drug-likeness (QED) is 0.854. The fourth-order valence-electron chi connectivity index (χ4n) is 2.07. The Morgan fingerprint density at radius 1 is 1.32 bits per heavy atom. The molecule has 1 heterocycles. The molecule has 0 aliphatic rings. The molecule has 0 saturated heterocycles. The molecule has 0 aliphatic heterocycles. The molecule has 4 heteroatoms. The van der Waals surface area contributed by atoms with Gasteiger partial charge in [-0.3, -0.25) is 4.79 Å². The summed E-state index contributed by atoms with van der Waals surface area (Å²) in [7, 11) is 0. The Labute approximate surface area is 112 Å². The molecule has 0 fully saturated rings. The fourth-order valence-corrected chi connectivity index (χ4v) is 2.07. The van der Waals surface area contributed by atoms with Gasteiger partial charge in [-0.05, 0) is 39.3 Å². The number of benzene rings is 1. The molecule has 100 valence electrons. The normalized spacial score (nSPS) is 10.5. The first kappa shape index (κ1) is 13.3. The molecule has 1 aromatic heterocycles. The Kier molecular flexibility index (Phi) is 3.69. The Hall–Kier alpha value is -2.10. The summed E-state index contributed by atoms with van der Waals surface area (Å²) < 4.78 is 5.51. The van der Waals surface area contributed by atoms with Gasteiger partial charge in [0.25, 0.3) is 0 Å². The van der Waals surface area contributed by atoms with Crippen molar-refractivity contribution in [3.63, 3.8) is 0 Å². The van der Waals surface area contributed by atoms with Crippen LogP contribution in [0.4, 0.5) is 5.69 Å². The zero-order valence-corrected chi connectivity index (χ0v) is 11.7. The van der Waals surface area contributed by atoms with Crippen LogP contribution >= 0.6 is 0 Å². The number of Topliss-reactive ketones (excluding diaryl/α,β-unsaturated/α-hetero) is 1. The van der Waals surface area contributed by atoms with E-state index in [4.69, 9.17) is 4.42 Å². The minimum atomic E-state index is 0.0559. The molecule has 0 aliphatic carbocycles. The van der Waals surface area contributed by atoms with E-state index in [0.717, 1.165) is 28.3 Å². The smallest absolute Gasteiger partial charge is 0.213 e. The number of aryl methyl sites for hydroxylation is 3. The average molecular weight is 258 g/mol. The van der Waals surface area contributed by atoms with E-state index in [1.807, 2.05) is 39.0 Å². The van der Waals surface area contributed by atoms with Gasteiger partial charge in [0.1, 0.15) is 5.76 Å². The molecule has 0 atom stereocenters. The molecule has 0 bridgehead atoms. The molecule has 1 aromatic carbocycles. The summed E-state index contributed by atoms with van der Waals surface area (Å²) in [5.74, 6) is 1.51. The largest absolute Gasteiger partial charge is 0.444 e. The predicted molar refractivity (Wildman–Crippen MR) is 74.5 cm³/mol. The van der Waals surface area contributed by atoms with Gasteiger partial charge in [-0.2, -0.15) is 0 Å². The monoisotopic (exact) mass is 258 g/mol. The van der Waals surface area contributed by atoms with Gasteiger partial charge < -0.3 is 9.73 Å². The second kappa shape index (κ2) is 5.26. The maximum atomic E-state index is 11.7. The van der Waals surface area contributed by atoms with Crippen LogP contribution in [0.2, 0.25) is 0 Å². The van der Waals surface area contributed by atoms with Crippen LogP contribution in [0, 0.1) is 20.8 Å². The second-order valence-electron chi connectivity index (χ2n) is 4.66. The Bertz CT molecular complexity index is 595. The van der Waals surface area contributed by atoms with Crippen LogP contribution in [0.15, 0.2) is 22.6 Å². The van der Waals surface area contributed by atoms with E-state index < -0.39 is 0 Å². The van der Waals surface area contributed by atoms with Crippen molar-refractivity contribution in [1.82, 2.24) is 4.98 Å². The van der Waals surface area contributed by atoms with Gasteiger partial charge in [0.15, 0.2) is 5.78 Å². The highest BCUT2D eigenvalue weighted by molar-refractivity contribution is 6.00. The number of nitrogens with zero attached hydrogens (tertiary/aromatic N) is 1. The molecular formula is C15H18N2O2. The first-order valence-electron chi connectivity index (χ1n) is 6.26. The lowest BCUT2D eigenvalue weighted by Crippen LogP contribution is -2.06. The van der Waals surface area contributed by atoms with Crippen LogP contribution in [-0.4, -0.2) is 10.8 Å². The average Bonchev–Trinajstić information content (AvgIpc) is 2.65. The van der Waals surface area contributed by atoms with Crippen molar-refractivity contribution >= 4 is 11.5 Å². The molecule has 0 unspecified atom stereocenters. The van der Waals surface area contributed by atoms with Crippen LogP contribution in [0.25, 0.3) is 0 Å². The number of hydrogen-bond acceptors (Lipinski definition) is 4. The van der Waals surface area contributed by atoms with Crippen LogP contribution in [-0.2, 0) is 6.54 Å². The van der Waals surface area contributed by atoms with E-state index in [2.05, 4.69) is 10.3 Å². The molecule has 2 aromatic rings. The molecule has 0 saturated carbocycles. The maximum Gasteiger partial charge on any atom is 0.213 e. The van der Waals surface area contributed by atoms with Gasteiger partial charge in [-0.1, -0.05) is 12.1 Å². The number of hydrogen-bond donors (Lipinski definition) is 1. The summed E-state index contributed by atoms with van der Waals surface area (Å²) in [6.07, 6.45) is 0. The van der Waals surface area contributed by atoms with Gasteiger partial charge in [-0.25, -0.2) is 4.98 Å². The van der Waals surface area contributed by atoms with Crippen molar-refractivity contribution in [3.05, 3.63) is 46.7 Å². The van der Waals surface area contributed by atoms with E-state index in [1.165, 1.54) is 0 Å². The van der Waals surface area contributed by atoms with Crippen molar-refractivity contribution in [2.45, 2.75) is 34.2 Å². The number of carbonyl (C=O) groups is 1. The van der Waals surface area contributed by atoms with E-state index in [1.54, 1.807) is 6.92 Å². The van der Waals surface area contributed by atoms with Crippen molar-refractivity contribution in [2.75, 3.05) is 5.32 Å². The van der Waals surface area contributed by atoms with Gasteiger partial charge in [0, 0.05) is 11.3 Å². The zero-order chi connectivity index (χ0) is 14.0. The summed E-state index contributed by atoms with van der Waals surface area (Å²) in [4.78, 5) is 16.0. The van der Waals surface area contributed by atoms with Gasteiger partial charge in [0.2, 0.25) is 5.89 Å². The number of oxazole rings is 1. The summed E-state index contributed by atoms with van der Waals surface area (Å²) in [5.41, 5.74) is 3.41. The number of carbonyl (C=O) groups excluding carboxylic acids is 1. The fraction of sp³-hybridized carbons (Fsp3) is 0.333. The molecule has 1 N–H and O–H groups in total. The highest BCUT2D eigenvalue weighted by Crippen LogP contribution is 2.21. The lowest BCUT2D eigenvalue weighted by Gasteiger charge is -2.11. The van der Waals surface area contributed by atoms with Crippen LogP contribution in [0.3, 0.4) is 0 Å². The summed E-state index contributed by atoms with van der Waals surface area (Å²) >= 11 is 0. The predicted octanol–water partition coefficient (Wildman–Crippen LogP) is 3.41. The molecule has 4 nitrogen and oxygen atoms in total. The van der Waals surface area contributed by atoms with Crippen LogP contribution in [0.5, 0.6) is 0 Å². The van der Waals surface area contributed by atoms with Crippen molar-refractivity contribution in [1.29, 1.82) is 0 Å². The van der Waals surface area contributed by atoms with E-state index in [-0.39, 0.29) is 5.78 Å². The Morgan fingerprint density at radius 2 is 2.05 bits per heavy atom. The first-order valence-corrected chi connectivity index (χ1v) is 6.26. The summed E-state index contributed by atoms with van der Waals surface area (Å²) in [6, 6.07) is 5.75. The minimum Gasteiger partial charge on any atom is -0.444 e. The van der Waals surface area contributed by atoms with Crippen molar-refractivity contribution in [2.24, 2.45) is 0 Å².